The van der Waals surface area contributed by atoms with Crippen molar-refractivity contribution in [1.82, 2.24) is 4.57 Å². The van der Waals surface area contributed by atoms with Crippen LogP contribution in [0.3, 0.4) is 0 Å². The summed E-state index contributed by atoms with van der Waals surface area (Å²) < 4.78 is 2.24. The number of nitrogens with zero attached hydrogens (tertiary/aromatic N) is 3. The Balaban J connectivity index is 1.44. The summed E-state index contributed by atoms with van der Waals surface area (Å²) in [6, 6.07) is 66.0. The van der Waals surface area contributed by atoms with Crippen LogP contribution in [0.4, 0.5) is 0 Å². The van der Waals surface area contributed by atoms with Gasteiger partial charge in [-0.15, -0.1) is 0 Å². The second-order valence-corrected chi connectivity index (χ2v) is 15.7. The Morgan fingerprint density at radius 3 is 1.42 bits per heavy atom. The summed E-state index contributed by atoms with van der Waals surface area (Å²) in [6.45, 7) is 0. The minimum Gasteiger partial charge on any atom is -0.309 e. The topological polar surface area (TPSA) is 52.5 Å². The Morgan fingerprint density at radius 2 is 0.917 bits per heavy atom. The number of rotatable bonds is 6. The van der Waals surface area contributed by atoms with E-state index in [0.717, 1.165) is 33.0 Å². The number of fused-ring (bicyclic) bond motifs is 3. The number of para-hydroxylation sites is 2. The van der Waals surface area contributed by atoms with E-state index >= 15 is 0 Å². The molecule has 0 atom stereocenters. The molecule has 4 heteroatoms. The first-order valence-electron chi connectivity index (χ1n) is 16.0. The van der Waals surface area contributed by atoms with E-state index in [9.17, 15) is 10.5 Å². The molecule has 0 unspecified atom stereocenters. The highest BCUT2D eigenvalue weighted by molar-refractivity contribution is 7.20. The van der Waals surface area contributed by atoms with Crippen LogP contribution in [0.25, 0.3) is 38.6 Å². The first kappa shape index (κ1) is 29.0. The lowest BCUT2D eigenvalue weighted by Gasteiger charge is -2.36. The molecule has 0 aliphatic carbocycles. The van der Waals surface area contributed by atoms with Crippen molar-refractivity contribution < 1.29 is 0 Å². The molecule has 0 bridgehead atoms. The van der Waals surface area contributed by atoms with Gasteiger partial charge in [0, 0.05) is 16.5 Å². The lowest BCUT2D eigenvalue weighted by atomic mass is 9.98. The predicted molar refractivity (Wildman–Crippen MR) is 199 cm³/mol. The second-order valence-electron chi connectivity index (χ2n) is 11.9. The first-order chi connectivity index (χ1) is 23.7. The highest BCUT2D eigenvalue weighted by atomic mass is 28.3. The van der Waals surface area contributed by atoms with Crippen LogP contribution in [0.15, 0.2) is 176 Å². The van der Waals surface area contributed by atoms with E-state index in [4.69, 9.17) is 0 Å². The molecule has 224 valence electrons. The van der Waals surface area contributed by atoms with Crippen LogP contribution in [0.5, 0.6) is 0 Å². The lowest BCUT2D eigenvalue weighted by Crippen LogP contribution is -2.75. The van der Waals surface area contributed by atoms with Crippen LogP contribution in [0.1, 0.15) is 11.1 Å². The van der Waals surface area contributed by atoms with Gasteiger partial charge in [0.15, 0.2) is 8.07 Å². The van der Waals surface area contributed by atoms with E-state index in [0.29, 0.717) is 11.1 Å². The highest BCUT2D eigenvalue weighted by Gasteiger charge is 2.43. The first-order valence-corrected chi connectivity index (χ1v) is 18.0. The van der Waals surface area contributed by atoms with E-state index < -0.39 is 8.07 Å². The van der Waals surface area contributed by atoms with E-state index in [1.165, 1.54) is 26.3 Å². The number of hydrogen-bond donors (Lipinski definition) is 0. The third-order valence-corrected chi connectivity index (χ3v) is 14.2. The molecule has 0 saturated heterocycles. The number of hydrogen-bond acceptors (Lipinski definition) is 2. The normalized spacial score (nSPS) is 11.3. The number of benzene rings is 7. The predicted octanol–water partition coefficient (Wildman–Crippen LogP) is 7.57. The zero-order chi connectivity index (χ0) is 32.5. The van der Waals surface area contributed by atoms with Gasteiger partial charge in [-0.2, -0.15) is 10.5 Å². The Morgan fingerprint density at radius 1 is 0.438 bits per heavy atom. The third kappa shape index (κ3) is 4.55. The minimum atomic E-state index is -3.02. The van der Waals surface area contributed by atoms with E-state index in [1.54, 1.807) is 0 Å². The van der Waals surface area contributed by atoms with Crippen LogP contribution < -0.4 is 20.7 Å². The molecule has 0 aliphatic rings. The molecule has 7 aromatic carbocycles. The van der Waals surface area contributed by atoms with Crippen molar-refractivity contribution in [2.24, 2.45) is 0 Å². The summed E-state index contributed by atoms with van der Waals surface area (Å²) in [7, 11) is -3.02. The summed E-state index contributed by atoms with van der Waals surface area (Å²) in [5.41, 5.74) is 6.10. The molecular weight excluding hydrogens is 599 g/mol. The molecule has 1 aromatic heterocycles. The van der Waals surface area contributed by atoms with Crippen LogP contribution in [0.2, 0.25) is 0 Å². The maximum absolute atomic E-state index is 10.8. The second kappa shape index (κ2) is 12.0. The van der Waals surface area contributed by atoms with E-state index in [-0.39, 0.29) is 0 Å². The minimum absolute atomic E-state index is 0.581. The Kier molecular flexibility index (Phi) is 7.27. The molecular formula is C44H29N3Si. The monoisotopic (exact) mass is 627 g/mol. The maximum atomic E-state index is 10.8. The number of nitriles is 2. The zero-order valence-corrected chi connectivity index (χ0v) is 27.1. The molecule has 8 aromatic rings. The van der Waals surface area contributed by atoms with Gasteiger partial charge in [0.1, 0.15) is 0 Å². The highest BCUT2D eigenvalue weighted by Crippen LogP contribution is 2.34. The zero-order valence-electron chi connectivity index (χ0n) is 26.1. The largest absolute Gasteiger partial charge is 0.309 e. The molecule has 0 radical (unpaired) electrons. The van der Waals surface area contributed by atoms with Crippen molar-refractivity contribution in [1.29, 1.82) is 10.5 Å². The Labute approximate surface area is 280 Å². The summed E-state index contributed by atoms with van der Waals surface area (Å²) in [5.74, 6) is 0. The quantitative estimate of drug-likeness (QED) is 0.141. The van der Waals surface area contributed by atoms with Gasteiger partial charge in [-0.25, -0.2) is 0 Å². The van der Waals surface area contributed by atoms with Gasteiger partial charge in [0.2, 0.25) is 0 Å². The van der Waals surface area contributed by atoms with Gasteiger partial charge in [-0.05, 0) is 68.3 Å². The summed E-state index contributed by atoms with van der Waals surface area (Å²) >= 11 is 0. The van der Waals surface area contributed by atoms with Gasteiger partial charge in [0.25, 0.3) is 0 Å². The Bertz CT molecular complexity index is 2370. The fraction of sp³-hybridized carbons (Fsp3) is 0. The van der Waals surface area contributed by atoms with Gasteiger partial charge < -0.3 is 4.57 Å². The SMILES string of the molecule is N#Cc1ccc(-c2ccc(-n3c4ccccc4c4ccccc43)cc2C#N)c([Si](c2ccccc2)(c2ccccc2)c2ccccc2)c1. The molecule has 3 nitrogen and oxygen atoms in total. The van der Waals surface area contributed by atoms with Gasteiger partial charge in [-0.3, -0.25) is 0 Å². The van der Waals surface area contributed by atoms with Gasteiger partial charge >= 0.3 is 0 Å². The van der Waals surface area contributed by atoms with Crippen LogP contribution in [-0.2, 0) is 0 Å². The van der Waals surface area contributed by atoms with Crippen LogP contribution >= 0.6 is 0 Å². The summed E-state index contributed by atoms with van der Waals surface area (Å²) in [5, 5.41) is 28.0. The molecule has 0 amide bonds. The third-order valence-electron chi connectivity index (χ3n) is 9.43. The van der Waals surface area contributed by atoms with Gasteiger partial charge in [0.05, 0.1) is 34.3 Å². The van der Waals surface area contributed by atoms with Crippen molar-refractivity contribution in [2.75, 3.05) is 0 Å². The van der Waals surface area contributed by atoms with Crippen molar-refractivity contribution in [3.8, 4) is 29.0 Å². The summed E-state index contributed by atoms with van der Waals surface area (Å²) in [6.07, 6.45) is 0. The van der Waals surface area contributed by atoms with Crippen LogP contribution in [-0.4, -0.2) is 12.6 Å². The van der Waals surface area contributed by atoms with Crippen molar-refractivity contribution >= 4 is 50.6 Å². The molecule has 0 spiro atoms. The average molecular weight is 628 g/mol. The summed E-state index contributed by atoms with van der Waals surface area (Å²) in [4.78, 5) is 0. The average Bonchev–Trinajstić information content (AvgIpc) is 3.51. The molecule has 0 N–H and O–H groups in total. The lowest BCUT2D eigenvalue weighted by molar-refractivity contribution is 1.18. The maximum Gasteiger partial charge on any atom is 0.180 e. The van der Waals surface area contributed by atoms with E-state index in [2.05, 4.69) is 156 Å². The fourth-order valence-corrected chi connectivity index (χ4v) is 12.4. The molecule has 0 aliphatic heterocycles. The van der Waals surface area contributed by atoms with Gasteiger partial charge in [-0.1, -0.05) is 140 Å². The van der Waals surface area contributed by atoms with Crippen molar-refractivity contribution in [3.05, 3.63) is 187 Å². The van der Waals surface area contributed by atoms with E-state index in [1.807, 2.05) is 36.4 Å². The fourth-order valence-electron chi connectivity index (χ4n) is 7.39. The number of aromatic nitrogens is 1. The van der Waals surface area contributed by atoms with Crippen molar-refractivity contribution in [3.63, 3.8) is 0 Å². The standard InChI is InChI=1S/C44H29N3Si/c45-30-32-24-26-41(38-27-25-34(29-33(38)31-46)47-42-22-12-10-20-39(42)40-21-11-13-23-43(40)47)44(28-32)48(35-14-4-1-5-15-35,36-16-6-2-7-17-36)37-18-8-3-9-19-37/h1-29H. The molecule has 48 heavy (non-hydrogen) atoms. The smallest absolute Gasteiger partial charge is 0.180 e. The molecule has 0 fully saturated rings. The molecule has 1 heterocycles. The van der Waals surface area contributed by atoms with Crippen molar-refractivity contribution in [2.45, 2.75) is 0 Å². The molecule has 0 saturated carbocycles. The van der Waals surface area contributed by atoms with Crippen LogP contribution in [0, 0.1) is 22.7 Å². The Hall–Kier alpha value is -6.46. The molecule has 8 rings (SSSR count).